The van der Waals surface area contributed by atoms with Crippen LogP contribution in [0.3, 0.4) is 0 Å². The van der Waals surface area contributed by atoms with Crippen molar-refractivity contribution < 1.29 is 9.66 Å². The molecule has 0 aliphatic heterocycles. The van der Waals surface area contributed by atoms with Crippen LogP contribution in [0.25, 0.3) is 0 Å². The molecule has 0 saturated carbocycles. The molecule has 1 aromatic carbocycles. The van der Waals surface area contributed by atoms with Crippen molar-refractivity contribution in [1.29, 1.82) is 0 Å². The molecule has 0 spiro atoms. The number of hydrogen-bond donors (Lipinski definition) is 1. The fourth-order valence-corrected chi connectivity index (χ4v) is 1.89. The average molecular weight is 278 g/mol. The van der Waals surface area contributed by atoms with Crippen molar-refractivity contribution in [3.05, 3.63) is 46.5 Å². The predicted octanol–water partition coefficient (Wildman–Crippen LogP) is 3.44. The van der Waals surface area contributed by atoms with E-state index in [1.54, 1.807) is 12.1 Å². The van der Waals surface area contributed by atoms with Gasteiger partial charge in [0.1, 0.15) is 0 Å². The van der Waals surface area contributed by atoms with Gasteiger partial charge in [-0.15, -0.1) is 6.58 Å². The zero-order chi connectivity index (χ0) is 14.8. The summed E-state index contributed by atoms with van der Waals surface area (Å²) in [5.74, 6) is 0.353. The number of nitrogens with one attached hydrogen (secondary N) is 1. The van der Waals surface area contributed by atoms with E-state index in [1.807, 2.05) is 13.1 Å². The van der Waals surface area contributed by atoms with Gasteiger partial charge in [-0.25, -0.2) is 0 Å². The summed E-state index contributed by atoms with van der Waals surface area (Å²) < 4.78 is 5.57. The Kier molecular flexibility index (Phi) is 7.35. The molecule has 20 heavy (non-hydrogen) atoms. The topological polar surface area (TPSA) is 64.4 Å². The fourth-order valence-electron chi connectivity index (χ4n) is 1.89. The maximum Gasteiger partial charge on any atom is 0.310 e. The van der Waals surface area contributed by atoms with Crippen LogP contribution in [0.5, 0.6) is 5.75 Å². The van der Waals surface area contributed by atoms with Crippen molar-refractivity contribution in [2.75, 3.05) is 13.7 Å². The lowest BCUT2D eigenvalue weighted by molar-refractivity contribution is -0.385. The minimum Gasteiger partial charge on any atom is -0.487 e. The minimum absolute atomic E-state index is 0.0240. The molecule has 0 aliphatic carbocycles. The molecule has 0 aromatic heterocycles. The van der Waals surface area contributed by atoms with E-state index in [1.165, 1.54) is 6.07 Å². The monoisotopic (exact) mass is 278 g/mol. The SMILES string of the molecule is C=CCCCCCOc1cc(CNC)ccc1[N+](=O)[O-]. The van der Waals surface area contributed by atoms with Gasteiger partial charge in [0.15, 0.2) is 5.75 Å². The molecule has 0 aliphatic rings. The van der Waals surface area contributed by atoms with E-state index in [0.717, 1.165) is 31.2 Å². The smallest absolute Gasteiger partial charge is 0.310 e. The minimum atomic E-state index is -0.407. The lowest BCUT2D eigenvalue weighted by Crippen LogP contribution is -2.06. The zero-order valence-corrected chi connectivity index (χ0v) is 11.9. The van der Waals surface area contributed by atoms with E-state index in [4.69, 9.17) is 4.74 Å². The summed E-state index contributed by atoms with van der Waals surface area (Å²) in [4.78, 5) is 10.6. The van der Waals surface area contributed by atoms with Crippen LogP contribution >= 0.6 is 0 Å². The Labute approximate surface area is 119 Å². The first-order valence-corrected chi connectivity index (χ1v) is 6.84. The molecule has 0 amide bonds. The summed E-state index contributed by atoms with van der Waals surface area (Å²) in [5.41, 5.74) is 0.996. The van der Waals surface area contributed by atoms with Crippen molar-refractivity contribution in [3.63, 3.8) is 0 Å². The number of nitrogens with zero attached hydrogens (tertiary/aromatic N) is 1. The van der Waals surface area contributed by atoms with Crippen LogP contribution in [0.15, 0.2) is 30.9 Å². The first kappa shape index (κ1) is 16.2. The fraction of sp³-hybridized carbons (Fsp3) is 0.467. The molecule has 0 heterocycles. The van der Waals surface area contributed by atoms with Crippen LogP contribution in [0.1, 0.15) is 31.2 Å². The van der Waals surface area contributed by atoms with E-state index >= 15 is 0 Å². The summed E-state index contributed by atoms with van der Waals surface area (Å²) in [6.07, 6.45) is 5.90. The van der Waals surface area contributed by atoms with Crippen LogP contribution in [-0.4, -0.2) is 18.6 Å². The van der Waals surface area contributed by atoms with Gasteiger partial charge in [0, 0.05) is 12.6 Å². The standard InChI is InChI=1S/C15H22N2O3/c1-3-4-5-6-7-10-20-15-11-13(12-16-2)8-9-14(15)17(18)19/h3,8-9,11,16H,1,4-7,10,12H2,2H3. The molecule has 0 bridgehead atoms. The Bertz CT molecular complexity index is 447. The summed E-state index contributed by atoms with van der Waals surface area (Å²) >= 11 is 0. The Hall–Kier alpha value is -1.88. The predicted molar refractivity (Wildman–Crippen MR) is 80.0 cm³/mol. The molecule has 0 radical (unpaired) electrons. The highest BCUT2D eigenvalue weighted by Crippen LogP contribution is 2.28. The van der Waals surface area contributed by atoms with E-state index < -0.39 is 4.92 Å². The Morgan fingerprint density at radius 3 is 2.85 bits per heavy atom. The van der Waals surface area contributed by atoms with Crippen molar-refractivity contribution in [2.45, 2.75) is 32.2 Å². The highest BCUT2D eigenvalue weighted by molar-refractivity contribution is 5.48. The first-order chi connectivity index (χ1) is 9.69. The Morgan fingerprint density at radius 2 is 2.20 bits per heavy atom. The van der Waals surface area contributed by atoms with Crippen LogP contribution in [0, 0.1) is 10.1 Å². The normalized spacial score (nSPS) is 10.2. The molecule has 0 fully saturated rings. The maximum absolute atomic E-state index is 11.0. The van der Waals surface area contributed by atoms with Crippen molar-refractivity contribution >= 4 is 5.69 Å². The van der Waals surface area contributed by atoms with Gasteiger partial charge in [0.05, 0.1) is 11.5 Å². The number of nitro benzene ring substituents is 1. The summed E-state index contributed by atoms with van der Waals surface area (Å²) in [5, 5.41) is 14.0. The molecule has 1 rings (SSSR count). The van der Waals surface area contributed by atoms with Gasteiger partial charge in [-0.05, 0) is 44.4 Å². The zero-order valence-electron chi connectivity index (χ0n) is 11.9. The number of nitro groups is 1. The molecule has 0 atom stereocenters. The maximum atomic E-state index is 11.0. The van der Waals surface area contributed by atoms with Crippen LogP contribution < -0.4 is 10.1 Å². The van der Waals surface area contributed by atoms with E-state index in [0.29, 0.717) is 18.9 Å². The van der Waals surface area contributed by atoms with Gasteiger partial charge < -0.3 is 10.1 Å². The third-order valence-corrected chi connectivity index (χ3v) is 2.91. The Balaban J connectivity index is 2.58. The first-order valence-electron chi connectivity index (χ1n) is 6.84. The molecule has 1 N–H and O–H groups in total. The van der Waals surface area contributed by atoms with Crippen molar-refractivity contribution in [1.82, 2.24) is 5.32 Å². The second-order valence-electron chi connectivity index (χ2n) is 4.58. The molecule has 110 valence electrons. The summed E-state index contributed by atoms with van der Waals surface area (Å²) in [6.45, 7) is 4.83. The molecule has 1 aromatic rings. The summed E-state index contributed by atoms with van der Waals surface area (Å²) in [7, 11) is 1.83. The van der Waals surface area contributed by atoms with Crippen LogP contribution in [0.2, 0.25) is 0 Å². The van der Waals surface area contributed by atoms with Gasteiger partial charge in [0.25, 0.3) is 0 Å². The van der Waals surface area contributed by atoms with Crippen molar-refractivity contribution in [2.24, 2.45) is 0 Å². The number of unbranched alkanes of at least 4 members (excludes halogenated alkanes) is 3. The molecular weight excluding hydrogens is 256 g/mol. The number of ether oxygens (including phenoxy) is 1. The lowest BCUT2D eigenvalue weighted by atomic mass is 10.2. The third kappa shape index (κ3) is 5.40. The highest BCUT2D eigenvalue weighted by atomic mass is 16.6. The van der Waals surface area contributed by atoms with E-state index in [-0.39, 0.29) is 5.69 Å². The van der Waals surface area contributed by atoms with E-state index in [2.05, 4.69) is 11.9 Å². The molecular formula is C15H22N2O3. The molecule has 0 saturated heterocycles. The summed E-state index contributed by atoms with van der Waals surface area (Å²) in [6, 6.07) is 4.98. The van der Waals surface area contributed by atoms with Gasteiger partial charge in [0.2, 0.25) is 0 Å². The number of rotatable bonds is 10. The van der Waals surface area contributed by atoms with Gasteiger partial charge in [-0.3, -0.25) is 10.1 Å². The molecule has 0 unspecified atom stereocenters. The third-order valence-electron chi connectivity index (χ3n) is 2.91. The number of benzene rings is 1. The van der Waals surface area contributed by atoms with Crippen molar-refractivity contribution in [3.8, 4) is 5.75 Å². The Morgan fingerprint density at radius 1 is 1.40 bits per heavy atom. The second kappa shape index (κ2) is 9.09. The molecule has 5 heteroatoms. The van der Waals surface area contributed by atoms with Crippen LogP contribution in [0.4, 0.5) is 5.69 Å². The van der Waals surface area contributed by atoms with Gasteiger partial charge >= 0.3 is 5.69 Å². The number of hydrogen-bond acceptors (Lipinski definition) is 4. The van der Waals surface area contributed by atoms with Gasteiger partial charge in [-0.2, -0.15) is 0 Å². The van der Waals surface area contributed by atoms with Gasteiger partial charge in [-0.1, -0.05) is 12.1 Å². The molecule has 5 nitrogen and oxygen atoms in total. The highest BCUT2D eigenvalue weighted by Gasteiger charge is 2.15. The number of allylic oxidation sites excluding steroid dienone is 1. The van der Waals surface area contributed by atoms with E-state index in [9.17, 15) is 10.1 Å². The van der Waals surface area contributed by atoms with Crippen LogP contribution in [-0.2, 0) is 6.54 Å². The quantitative estimate of drug-likeness (QED) is 0.308. The second-order valence-corrected chi connectivity index (χ2v) is 4.58. The average Bonchev–Trinajstić information content (AvgIpc) is 2.43. The largest absolute Gasteiger partial charge is 0.487 e. The lowest BCUT2D eigenvalue weighted by Gasteiger charge is -2.08.